The zero-order chi connectivity index (χ0) is 21.7. The van der Waals surface area contributed by atoms with Crippen LogP contribution in [0.15, 0.2) is 63.6 Å². The minimum atomic E-state index is -1.16. The summed E-state index contributed by atoms with van der Waals surface area (Å²) >= 11 is 4.79. The van der Waals surface area contributed by atoms with Crippen LogP contribution in [0.4, 0.5) is 0 Å². The van der Waals surface area contributed by atoms with Crippen molar-refractivity contribution in [3.05, 3.63) is 74.7 Å². The highest BCUT2D eigenvalue weighted by atomic mass is 79.9. The highest BCUT2D eigenvalue weighted by molar-refractivity contribution is 9.10. The van der Waals surface area contributed by atoms with E-state index < -0.39 is 23.7 Å². The molecule has 0 fully saturated rings. The van der Waals surface area contributed by atoms with Gasteiger partial charge in [-0.25, -0.2) is 0 Å². The Morgan fingerprint density at radius 2 is 1.97 bits per heavy atom. The number of methoxy groups -OCH3 is 2. The van der Waals surface area contributed by atoms with E-state index in [0.29, 0.717) is 32.1 Å². The van der Waals surface area contributed by atoms with Gasteiger partial charge in [0.25, 0.3) is 0 Å². The van der Waals surface area contributed by atoms with Crippen molar-refractivity contribution in [2.75, 3.05) is 14.2 Å². The molecule has 2 aromatic rings. The van der Waals surface area contributed by atoms with Crippen LogP contribution in [0, 0.1) is 17.2 Å². The van der Waals surface area contributed by atoms with E-state index in [1.165, 1.54) is 18.9 Å². The third-order valence-corrected chi connectivity index (χ3v) is 6.45. The van der Waals surface area contributed by atoms with Crippen molar-refractivity contribution in [2.24, 2.45) is 5.92 Å². The Hall–Kier alpha value is -2.76. The summed E-state index contributed by atoms with van der Waals surface area (Å²) in [5.41, 5.74) is 2.02. The van der Waals surface area contributed by atoms with E-state index >= 15 is 0 Å². The van der Waals surface area contributed by atoms with E-state index in [4.69, 9.17) is 9.47 Å². The highest BCUT2D eigenvalue weighted by Gasteiger charge is 2.44. The van der Waals surface area contributed by atoms with Crippen molar-refractivity contribution in [3.63, 3.8) is 0 Å². The summed E-state index contributed by atoms with van der Waals surface area (Å²) in [6.07, 6.45) is 0. The number of thioether (sulfide) groups is 1. The second-order valence-electron chi connectivity index (χ2n) is 6.49. The maximum Gasteiger partial charge on any atom is 0.319 e. The Balaban J connectivity index is 2.06. The van der Waals surface area contributed by atoms with Gasteiger partial charge in [-0.15, -0.1) is 11.8 Å². The fourth-order valence-electron chi connectivity index (χ4n) is 3.29. The summed E-state index contributed by atoms with van der Waals surface area (Å²) in [5, 5.41) is 13.1. The van der Waals surface area contributed by atoms with Crippen molar-refractivity contribution in [2.45, 2.75) is 11.7 Å². The van der Waals surface area contributed by atoms with Crippen molar-refractivity contribution in [3.8, 4) is 11.8 Å². The molecule has 1 aliphatic heterocycles. The van der Waals surface area contributed by atoms with Crippen LogP contribution in [0.3, 0.4) is 0 Å². The molecule has 0 spiro atoms. The topological polar surface area (TPSA) is 88.4 Å². The average Bonchev–Trinajstić information content (AvgIpc) is 2.77. The molecule has 0 saturated carbocycles. The van der Waals surface area contributed by atoms with Crippen molar-refractivity contribution in [1.29, 1.82) is 5.26 Å². The van der Waals surface area contributed by atoms with Gasteiger partial charge in [0.05, 0.1) is 35.4 Å². The first-order chi connectivity index (χ1) is 14.5. The lowest BCUT2D eigenvalue weighted by Crippen LogP contribution is -2.44. The normalized spacial score (nSPS) is 18.4. The molecule has 154 valence electrons. The molecule has 0 saturated heterocycles. The van der Waals surface area contributed by atoms with Crippen molar-refractivity contribution in [1.82, 2.24) is 5.32 Å². The van der Waals surface area contributed by atoms with Gasteiger partial charge in [0.2, 0.25) is 5.91 Å². The van der Waals surface area contributed by atoms with Gasteiger partial charge in [0.15, 0.2) is 0 Å². The monoisotopic (exact) mass is 486 g/mol. The third-order valence-electron chi connectivity index (χ3n) is 4.74. The Morgan fingerprint density at radius 3 is 2.57 bits per heavy atom. The first-order valence-electron chi connectivity index (χ1n) is 9.03. The molecule has 0 aliphatic carbocycles. The molecule has 3 rings (SSSR count). The van der Waals surface area contributed by atoms with E-state index in [-0.39, 0.29) is 0 Å². The quantitative estimate of drug-likeness (QED) is 0.487. The number of ether oxygens (including phenoxy) is 2. The Morgan fingerprint density at radius 1 is 1.23 bits per heavy atom. The maximum absolute atomic E-state index is 12.9. The number of allylic oxidation sites excluding steroid dienone is 1. The molecule has 0 aromatic heterocycles. The first kappa shape index (κ1) is 21.9. The van der Waals surface area contributed by atoms with E-state index in [2.05, 4.69) is 27.3 Å². The SMILES string of the molecule is COC(=O)[C@H]1C(=O)NC(SCc2ccccc2)=C(C#N)[C@H]1c1ccc(OC)c(Br)c1. The van der Waals surface area contributed by atoms with E-state index in [1.807, 2.05) is 30.3 Å². The molecule has 1 amide bonds. The minimum Gasteiger partial charge on any atom is -0.496 e. The molecule has 6 nitrogen and oxygen atoms in total. The molecule has 8 heteroatoms. The average molecular weight is 487 g/mol. The second-order valence-corrected chi connectivity index (χ2v) is 8.33. The Kier molecular flexibility index (Phi) is 7.19. The summed E-state index contributed by atoms with van der Waals surface area (Å²) in [4.78, 5) is 25.3. The largest absolute Gasteiger partial charge is 0.496 e. The number of hydrogen-bond donors (Lipinski definition) is 1. The van der Waals surface area contributed by atoms with Crippen LogP contribution in [-0.2, 0) is 20.1 Å². The molecule has 0 unspecified atom stereocenters. The lowest BCUT2D eigenvalue weighted by molar-refractivity contribution is -0.150. The van der Waals surface area contributed by atoms with Gasteiger partial charge < -0.3 is 14.8 Å². The molecule has 0 radical (unpaired) electrons. The number of rotatable bonds is 6. The van der Waals surface area contributed by atoms with E-state index in [1.54, 1.807) is 25.3 Å². The number of nitrogens with one attached hydrogen (secondary N) is 1. The van der Waals surface area contributed by atoms with Crippen LogP contribution in [0.25, 0.3) is 0 Å². The molecule has 2 aromatic carbocycles. The number of benzene rings is 2. The molecule has 1 N–H and O–H groups in total. The fourth-order valence-corrected chi connectivity index (χ4v) is 4.85. The zero-order valence-electron chi connectivity index (χ0n) is 16.3. The lowest BCUT2D eigenvalue weighted by atomic mass is 9.78. The molecular weight excluding hydrogens is 468 g/mol. The van der Waals surface area contributed by atoms with Crippen LogP contribution in [-0.4, -0.2) is 26.1 Å². The third kappa shape index (κ3) is 4.53. The predicted octanol–water partition coefficient (Wildman–Crippen LogP) is 4.13. The van der Waals surface area contributed by atoms with E-state index in [0.717, 1.165) is 5.56 Å². The van der Waals surface area contributed by atoms with Gasteiger partial charge in [-0.3, -0.25) is 9.59 Å². The molecular formula is C22H19BrN2O4S. The number of halogens is 1. The number of hydrogen-bond acceptors (Lipinski definition) is 6. The molecule has 1 aliphatic rings. The Labute approximate surface area is 187 Å². The van der Waals surface area contributed by atoms with Gasteiger partial charge in [-0.1, -0.05) is 36.4 Å². The van der Waals surface area contributed by atoms with Crippen LogP contribution in [0.1, 0.15) is 17.0 Å². The first-order valence-corrected chi connectivity index (χ1v) is 10.8. The van der Waals surface area contributed by atoms with Crippen LogP contribution in [0.5, 0.6) is 5.75 Å². The highest BCUT2D eigenvalue weighted by Crippen LogP contribution is 2.42. The number of amides is 1. The maximum atomic E-state index is 12.9. The van der Waals surface area contributed by atoms with Crippen molar-refractivity contribution >= 4 is 39.6 Å². The van der Waals surface area contributed by atoms with Crippen LogP contribution in [0.2, 0.25) is 0 Å². The molecule has 1 heterocycles. The zero-order valence-corrected chi connectivity index (χ0v) is 18.7. The van der Waals surface area contributed by atoms with Gasteiger partial charge in [0, 0.05) is 11.7 Å². The number of carbonyl (C=O) groups excluding carboxylic acids is 2. The number of esters is 1. The van der Waals surface area contributed by atoms with Gasteiger partial charge >= 0.3 is 5.97 Å². The van der Waals surface area contributed by atoms with Gasteiger partial charge in [-0.2, -0.15) is 5.26 Å². The number of carbonyl (C=O) groups is 2. The smallest absolute Gasteiger partial charge is 0.319 e. The summed E-state index contributed by atoms with van der Waals surface area (Å²) in [6, 6.07) is 17.2. The fraction of sp³-hybridized carbons (Fsp3) is 0.227. The van der Waals surface area contributed by atoms with Crippen LogP contribution >= 0.6 is 27.7 Å². The van der Waals surface area contributed by atoms with Gasteiger partial charge in [0.1, 0.15) is 11.7 Å². The number of nitrogens with zero attached hydrogens (tertiary/aromatic N) is 1. The van der Waals surface area contributed by atoms with Gasteiger partial charge in [-0.05, 0) is 39.2 Å². The Bertz CT molecular complexity index is 1030. The molecule has 30 heavy (non-hydrogen) atoms. The summed E-state index contributed by atoms with van der Waals surface area (Å²) in [5.74, 6) is -1.93. The van der Waals surface area contributed by atoms with E-state index in [9.17, 15) is 14.9 Å². The predicted molar refractivity (Wildman–Crippen MR) is 117 cm³/mol. The standard InChI is InChI=1S/C22H19BrN2O4S/c1-28-17-9-8-14(10-16(17)23)18-15(11-24)21(25-20(26)19(18)22(27)29-2)30-12-13-6-4-3-5-7-13/h3-10,18-19H,12H2,1-2H3,(H,25,26)/t18-,19-/m1/s1. The molecule has 2 atom stereocenters. The second kappa shape index (κ2) is 9.83. The van der Waals surface area contributed by atoms with Crippen molar-refractivity contribution < 1.29 is 19.1 Å². The minimum absolute atomic E-state index is 0.322. The molecule has 0 bridgehead atoms. The summed E-state index contributed by atoms with van der Waals surface area (Å²) in [6.45, 7) is 0. The summed E-state index contributed by atoms with van der Waals surface area (Å²) in [7, 11) is 2.77. The summed E-state index contributed by atoms with van der Waals surface area (Å²) < 4.78 is 10.8. The van der Waals surface area contributed by atoms with Crippen LogP contribution < -0.4 is 10.1 Å². The lowest BCUT2D eigenvalue weighted by Gasteiger charge is -2.31. The number of nitriles is 1.